The number of nitrogens with one attached hydrogen (secondary N) is 1. The molecule has 2 aromatic rings. The maximum absolute atomic E-state index is 11.6. The van der Waals surface area contributed by atoms with E-state index in [1.165, 1.54) is 11.3 Å². The van der Waals surface area contributed by atoms with Crippen LogP contribution in [0, 0.1) is 12.8 Å². The highest BCUT2D eigenvalue weighted by molar-refractivity contribution is 5.73. The van der Waals surface area contributed by atoms with Gasteiger partial charge < -0.3 is 14.6 Å². The Morgan fingerprint density at radius 2 is 2.30 bits per heavy atom. The van der Waals surface area contributed by atoms with Crippen LogP contribution in [-0.2, 0) is 11.3 Å². The van der Waals surface area contributed by atoms with E-state index in [1.807, 2.05) is 11.1 Å². The molecule has 5 heteroatoms. The number of hydrogen-bond acceptors (Lipinski definition) is 3. The second-order valence-electron chi connectivity index (χ2n) is 6.54. The Morgan fingerprint density at radius 3 is 3.04 bits per heavy atom. The van der Waals surface area contributed by atoms with Crippen molar-refractivity contribution in [2.45, 2.75) is 46.2 Å². The van der Waals surface area contributed by atoms with Gasteiger partial charge in [-0.15, -0.1) is 0 Å². The van der Waals surface area contributed by atoms with Gasteiger partial charge in [0.15, 0.2) is 0 Å². The highest BCUT2D eigenvalue weighted by Gasteiger charge is 2.28. The molecule has 0 aliphatic carbocycles. The van der Waals surface area contributed by atoms with Gasteiger partial charge in [0.1, 0.15) is 5.65 Å². The standard InChI is InChI=1S/C18H26N4O/c1-4-15-12-21(14(3)23)9-7-17(15)19-10-16-11-20-18-13(2)6-5-8-22(16)18/h5-6,8,11,15,17,19H,4,7,9-10,12H2,1-3H3/t15-,17+/m0/s1. The molecule has 2 aromatic heterocycles. The Balaban J connectivity index is 1.67. The van der Waals surface area contributed by atoms with Gasteiger partial charge in [-0.05, 0) is 30.9 Å². The molecule has 124 valence electrons. The zero-order chi connectivity index (χ0) is 16.4. The van der Waals surface area contributed by atoms with Crippen molar-refractivity contribution < 1.29 is 4.79 Å². The molecule has 0 saturated carbocycles. The van der Waals surface area contributed by atoms with E-state index in [1.54, 1.807) is 6.92 Å². The summed E-state index contributed by atoms with van der Waals surface area (Å²) in [7, 11) is 0. The van der Waals surface area contributed by atoms with E-state index in [9.17, 15) is 4.79 Å². The van der Waals surface area contributed by atoms with E-state index < -0.39 is 0 Å². The second-order valence-corrected chi connectivity index (χ2v) is 6.54. The maximum Gasteiger partial charge on any atom is 0.219 e. The first kappa shape index (κ1) is 16.0. The van der Waals surface area contributed by atoms with E-state index in [0.29, 0.717) is 12.0 Å². The number of aromatic nitrogens is 2. The van der Waals surface area contributed by atoms with Crippen LogP contribution in [0.1, 0.15) is 37.9 Å². The first-order valence-corrected chi connectivity index (χ1v) is 8.50. The van der Waals surface area contributed by atoms with E-state index in [-0.39, 0.29) is 5.91 Å². The number of imidazole rings is 1. The van der Waals surface area contributed by atoms with Gasteiger partial charge in [0.25, 0.3) is 0 Å². The van der Waals surface area contributed by atoms with Crippen molar-refractivity contribution >= 4 is 11.6 Å². The Labute approximate surface area is 137 Å². The molecule has 1 saturated heterocycles. The summed E-state index contributed by atoms with van der Waals surface area (Å²) in [6.07, 6.45) is 6.14. The average Bonchev–Trinajstić information content (AvgIpc) is 2.97. The number of carbonyl (C=O) groups excluding carboxylic acids is 1. The molecule has 1 aliphatic rings. The predicted molar refractivity (Wildman–Crippen MR) is 91.2 cm³/mol. The largest absolute Gasteiger partial charge is 0.343 e. The van der Waals surface area contributed by atoms with Crippen molar-refractivity contribution in [1.29, 1.82) is 0 Å². The van der Waals surface area contributed by atoms with Crippen molar-refractivity contribution in [3.05, 3.63) is 35.8 Å². The lowest BCUT2D eigenvalue weighted by molar-refractivity contribution is -0.131. The normalized spacial score (nSPS) is 21.8. The fraction of sp³-hybridized carbons (Fsp3) is 0.556. The SMILES string of the molecule is CC[C@H]1CN(C(C)=O)CC[C@H]1NCc1cnc2c(C)cccn12. The number of aryl methyl sites for hydroxylation is 1. The van der Waals surface area contributed by atoms with Gasteiger partial charge in [0.05, 0.1) is 11.9 Å². The van der Waals surface area contributed by atoms with Crippen LogP contribution in [0.2, 0.25) is 0 Å². The molecule has 0 bridgehead atoms. The van der Waals surface area contributed by atoms with Crippen LogP contribution in [0.3, 0.4) is 0 Å². The highest BCUT2D eigenvalue weighted by atomic mass is 16.2. The molecule has 3 rings (SSSR count). The molecule has 1 fully saturated rings. The molecule has 0 unspecified atom stereocenters. The summed E-state index contributed by atoms with van der Waals surface area (Å²) in [6, 6.07) is 4.61. The molecule has 5 nitrogen and oxygen atoms in total. The Hall–Kier alpha value is -1.88. The van der Waals surface area contributed by atoms with E-state index in [2.05, 4.69) is 46.9 Å². The number of pyridine rings is 1. The smallest absolute Gasteiger partial charge is 0.219 e. The van der Waals surface area contributed by atoms with Crippen molar-refractivity contribution in [3.8, 4) is 0 Å². The third-order valence-corrected chi connectivity index (χ3v) is 5.06. The molecular weight excluding hydrogens is 288 g/mol. The van der Waals surface area contributed by atoms with Crippen LogP contribution < -0.4 is 5.32 Å². The second kappa shape index (κ2) is 6.71. The lowest BCUT2D eigenvalue weighted by Gasteiger charge is -2.38. The zero-order valence-electron chi connectivity index (χ0n) is 14.2. The number of likely N-dealkylation sites (tertiary alicyclic amines) is 1. The fourth-order valence-electron chi connectivity index (χ4n) is 3.57. The molecule has 0 radical (unpaired) electrons. The summed E-state index contributed by atoms with van der Waals surface area (Å²) in [5.41, 5.74) is 3.41. The maximum atomic E-state index is 11.6. The van der Waals surface area contributed by atoms with Gasteiger partial charge in [-0.25, -0.2) is 4.98 Å². The summed E-state index contributed by atoms with van der Waals surface area (Å²) in [4.78, 5) is 18.1. The van der Waals surface area contributed by atoms with Gasteiger partial charge >= 0.3 is 0 Å². The Morgan fingerprint density at radius 1 is 1.48 bits per heavy atom. The number of carbonyl (C=O) groups is 1. The molecule has 3 heterocycles. The summed E-state index contributed by atoms with van der Waals surface area (Å²) in [5.74, 6) is 0.715. The number of amides is 1. The molecule has 0 aromatic carbocycles. The summed E-state index contributed by atoms with van der Waals surface area (Å²) in [5, 5.41) is 3.70. The number of nitrogens with zero attached hydrogens (tertiary/aromatic N) is 3. The molecule has 23 heavy (non-hydrogen) atoms. The summed E-state index contributed by atoms with van der Waals surface area (Å²) >= 11 is 0. The van der Waals surface area contributed by atoms with Gasteiger partial charge in [0.2, 0.25) is 5.91 Å². The number of hydrogen-bond donors (Lipinski definition) is 1. The summed E-state index contributed by atoms with van der Waals surface area (Å²) < 4.78 is 2.16. The van der Waals surface area contributed by atoms with Crippen molar-refractivity contribution in [1.82, 2.24) is 19.6 Å². The van der Waals surface area contributed by atoms with Gasteiger partial charge in [-0.3, -0.25) is 4.79 Å². The van der Waals surface area contributed by atoms with Gasteiger partial charge in [-0.2, -0.15) is 0 Å². The van der Waals surface area contributed by atoms with Crippen LogP contribution in [0.15, 0.2) is 24.5 Å². The molecule has 1 amide bonds. The van der Waals surface area contributed by atoms with Gasteiger partial charge in [-0.1, -0.05) is 19.4 Å². The van der Waals surface area contributed by atoms with E-state index in [0.717, 1.165) is 38.1 Å². The van der Waals surface area contributed by atoms with E-state index in [4.69, 9.17) is 0 Å². The van der Waals surface area contributed by atoms with Crippen LogP contribution in [-0.4, -0.2) is 39.3 Å². The third-order valence-electron chi connectivity index (χ3n) is 5.06. The highest BCUT2D eigenvalue weighted by Crippen LogP contribution is 2.21. The Bertz CT molecular complexity index is 693. The quantitative estimate of drug-likeness (QED) is 0.942. The molecule has 1 N–H and O–H groups in total. The predicted octanol–water partition coefficient (Wildman–Crippen LogP) is 2.38. The molecular formula is C18H26N4O. The summed E-state index contributed by atoms with van der Waals surface area (Å²) in [6.45, 7) is 8.50. The topological polar surface area (TPSA) is 49.6 Å². The minimum atomic E-state index is 0.194. The lowest BCUT2D eigenvalue weighted by atomic mass is 9.90. The Kier molecular flexibility index (Phi) is 4.66. The van der Waals surface area contributed by atoms with Crippen LogP contribution in [0.4, 0.5) is 0 Å². The van der Waals surface area contributed by atoms with Crippen LogP contribution in [0.5, 0.6) is 0 Å². The number of rotatable bonds is 4. The minimum absolute atomic E-state index is 0.194. The molecule has 1 aliphatic heterocycles. The van der Waals surface area contributed by atoms with Crippen LogP contribution in [0.25, 0.3) is 5.65 Å². The number of piperidine rings is 1. The van der Waals surface area contributed by atoms with Crippen molar-refractivity contribution in [2.24, 2.45) is 5.92 Å². The molecule has 0 spiro atoms. The van der Waals surface area contributed by atoms with Crippen molar-refractivity contribution in [2.75, 3.05) is 13.1 Å². The fourth-order valence-corrected chi connectivity index (χ4v) is 3.57. The molecule has 2 atom stereocenters. The zero-order valence-corrected chi connectivity index (χ0v) is 14.2. The lowest BCUT2D eigenvalue weighted by Crippen LogP contribution is -2.50. The van der Waals surface area contributed by atoms with Gasteiger partial charge in [0, 0.05) is 38.8 Å². The monoisotopic (exact) mass is 314 g/mol. The van der Waals surface area contributed by atoms with Crippen molar-refractivity contribution in [3.63, 3.8) is 0 Å². The number of fused-ring (bicyclic) bond motifs is 1. The minimum Gasteiger partial charge on any atom is -0.343 e. The first-order chi connectivity index (χ1) is 11.1. The van der Waals surface area contributed by atoms with Crippen LogP contribution >= 0.6 is 0 Å². The average molecular weight is 314 g/mol. The first-order valence-electron chi connectivity index (χ1n) is 8.50. The third kappa shape index (κ3) is 3.24. The van der Waals surface area contributed by atoms with E-state index >= 15 is 0 Å².